The third-order valence-electron chi connectivity index (χ3n) is 4.46. The van der Waals surface area contributed by atoms with Crippen molar-refractivity contribution in [1.29, 1.82) is 0 Å². The number of unbranched alkanes of at least 4 members (excludes halogenated alkanes) is 3. The minimum absolute atomic E-state index is 0.438. The summed E-state index contributed by atoms with van der Waals surface area (Å²) in [5.41, 5.74) is -1.69. The molecule has 156 valence electrons. The van der Waals surface area contributed by atoms with Crippen LogP contribution in [0.25, 0.3) is 0 Å². The first-order chi connectivity index (χ1) is 12.8. The second-order valence-corrected chi connectivity index (χ2v) is 9.86. The van der Waals surface area contributed by atoms with Gasteiger partial charge in [0.2, 0.25) is 0 Å². The van der Waals surface area contributed by atoms with Crippen LogP contribution in [0.2, 0.25) is 0 Å². The Morgan fingerprint density at radius 3 is 1.00 bits per heavy atom. The summed E-state index contributed by atoms with van der Waals surface area (Å²) in [5.74, 6) is 0. The quantitative estimate of drug-likeness (QED) is 0.313. The standard InChI is InChI=1S/C18H30Br3N3O3/c1-4-7-10-13(19)22-16(25)23(14(20)11-8-5-2)18(27)24(17(22)26)15(21)12-9-6-3/h13-15H,4-12H2,1-3H3. The largest absolute Gasteiger partial charge is 0.338 e. The molecule has 1 aromatic heterocycles. The van der Waals surface area contributed by atoms with Crippen molar-refractivity contribution in [3.63, 3.8) is 0 Å². The van der Waals surface area contributed by atoms with Crippen LogP contribution in [-0.4, -0.2) is 13.7 Å². The molecular weight excluding hydrogens is 546 g/mol. The molecule has 0 aliphatic rings. The highest BCUT2D eigenvalue weighted by Crippen LogP contribution is 2.23. The van der Waals surface area contributed by atoms with Crippen LogP contribution < -0.4 is 17.1 Å². The Hall–Kier alpha value is -0.150. The minimum atomic E-state index is -0.563. The van der Waals surface area contributed by atoms with Gasteiger partial charge in [0, 0.05) is 0 Å². The molecule has 0 aliphatic carbocycles. The number of hydrogen-bond acceptors (Lipinski definition) is 3. The lowest BCUT2D eigenvalue weighted by molar-refractivity contribution is 0.412. The molecule has 0 aliphatic heterocycles. The van der Waals surface area contributed by atoms with Crippen LogP contribution in [0.5, 0.6) is 0 Å². The molecule has 0 saturated heterocycles. The predicted molar refractivity (Wildman–Crippen MR) is 122 cm³/mol. The molecule has 0 N–H and O–H groups in total. The number of nitrogens with zero attached hydrogens (tertiary/aromatic N) is 3. The summed E-state index contributed by atoms with van der Waals surface area (Å²) in [5, 5.41) is 0. The van der Waals surface area contributed by atoms with Crippen molar-refractivity contribution >= 4 is 47.8 Å². The van der Waals surface area contributed by atoms with Gasteiger partial charge in [-0.15, -0.1) is 0 Å². The smallest absolute Gasteiger partial charge is 0.247 e. The fourth-order valence-electron chi connectivity index (χ4n) is 2.82. The summed E-state index contributed by atoms with van der Waals surface area (Å²) >= 11 is 10.5. The van der Waals surface area contributed by atoms with Crippen molar-refractivity contribution in [3.8, 4) is 0 Å². The summed E-state index contributed by atoms with van der Waals surface area (Å²) in [6.45, 7) is 6.17. The van der Waals surface area contributed by atoms with Crippen LogP contribution in [0.3, 0.4) is 0 Å². The second kappa shape index (κ2) is 12.4. The summed E-state index contributed by atoms with van der Waals surface area (Å²) in [4.78, 5) is 37.8. The van der Waals surface area contributed by atoms with Crippen LogP contribution in [-0.2, 0) is 0 Å². The Morgan fingerprint density at radius 2 is 0.815 bits per heavy atom. The lowest BCUT2D eigenvalue weighted by atomic mass is 10.2. The predicted octanol–water partition coefficient (Wildman–Crippen LogP) is 5.42. The SMILES string of the molecule is CCCCC(Br)n1c(=O)n(C(Br)CCCC)c(=O)n(C(Br)CCCC)c1=O. The monoisotopic (exact) mass is 573 g/mol. The van der Waals surface area contributed by atoms with Gasteiger partial charge in [0.05, 0.1) is 14.9 Å². The molecule has 0 spiro atoms. The zero-order valence-corrected chi connectivity index (χ0v) is 21.1. The Bertz CT molecular complexity index is 627. The number of halogens is 3. The molecule has 0 fully saturated rings. The van der Waals surface area contributed by atoms with Crippen LogP contribution in [0.15, 0.2) is 14.4 Å². The van der Waals surface area contributed by atoms with E-state index in [-0.39, 0.29) is 0 Å². The fraction of sp³-hybridized carbons (Fsp3) is 0.833. The highest BCUT2D eigenvalue weighted by atomic mass is 79.9. The van der Waals surface area contributed by atoms with Gasteiger partial charge in [0.25, 0.3) is 0 Å². The van der Waals surface area contributed by atoms with Gasteiger partial charge < -0.3 is 0 Å². The van der Waals surface area contributed by atoms with E-state index in [2.05, 4.69) is 68.6 Å². The number of hydrogen-bond donors (Lipinski definition) is 0. The average Bonchev–Trinajstić information content (AvgIpc) is 2.62. The molecule has 3 atom stereocenters. The van der Waals surface area contributed by atoms with Crippen molar-refractivity contribution < 1.29 is 0 Å². The Morgan fingerprint density at radius 1 is 0.593 bits per heavy atom. The first-order valence-corrected chi connectivity index (χ1v) is 12.5. The van der Waals surface area contributed by atoms with Gasteiger partial charge in [-0.3, -0.25) is 0 Å². The van der Waals surface area contributed by atoms with Gasteiger partial charge in [-0.05, 0) is 19.3 Å². The van der Waals surface area contributed by atoms with Crippen molar-refractivity contribution in [2.24, 2.45) is 0 Å². The maximum Gasteiger partial charge on any atom is 0.338 e. The molecule has 9 heteroatoms. The minimum Gasteiger partial charge on any atom is -0.247 e. The highest BCUT2D eigenvalue weighted by Gasteiger charge is 2.25. The Balaban J connectivity index is 3.60. The number of alkyl halides is 3. The van der Waals surface area contributed by atoms with Gasteiger partial charge in [0.15, 0.2) is 0 Å². The highest BCUT2D eigenvalue weighted by molar-refractivity contribution is 9.09. The van der Waals surface area contributed by atoms with Gasteiger partial charge >= 0.3 is 17.1 Å². The summed E-state index contributed by atoms with van der Waals surface area (Å²) < 4.78 is 3.53. The van der Waals surface area contributed by atoms with Crippen LogP contribution in [0.4, 0.5) is 0 Å². The Labute approximate surface area is 185 Å². The molecule has 0 radical (unpaired) electrons. The van der Waals surface area contributed by atoms with E-state index in [0.29, 0.717) is 19.3 Å². The van der Waals surface area contributed by atoms with Crippen molar-refractivity contribution in [2.75, 3.05) is 0 Å². The van der Waals surface area contributed by atoms with E-state index < -0.39 is 31.9 Å². The molecule has 0 bridgehead atoms. The molecule has 6 nitrogen and oxygen atoms in total. The molecule has 1 aromatic rings. The number of rotatable bonds is 12. The topological polar surface area (TPSA) is 66.0 Å². The first kappa shape index (κ1) is 24.9. The zero-order chi connectivity index (χ0) is 20.6. The lowest BCUT2D eigenvalue weighted by Gasteiger charge is -2.22. The maximum atomic E-state index is 13.0. The fourth-order valence-corrected chi connectivity index (χ4v) is 4.84. The third-order valence-corrected chi connectivity index (χ3v) is 7.07. The maximum absolute atomic E-state index is 13.0. The molecule has 0 aromatic carbocycles. The van der Waals surface area contributed by atoms with E-state index in [1.54, 1.807) is 0 Å². The zero-order valence-electron chi connectivity index (χ0n) is 16.3. The van der Waals surface area contributed by atoms with Crippen molar-refractivity contribution in [1.82, 2.24) is 13.7 Å². The summed E-state index contributed by atoms with van der Waals surface area (Å²) in [7, 11) is 0. The normalized spacial score (nSPS) is 14.9. The van der Waals surface area contributed by atoms with E-state index in [9.17, 15) is 14.4 Å². The average molecular weight is 576 g/mol. The molecular formula is C18H30Br3N3O3. The van der Waals surface area contributed by atoms with Gasteiger partial charge in [0.1, 0.15) is 0 Å². The van der Waals surface area contributed by atoms with E-state index in [1.165, 1.54) is 13.7 Å². The van der Waals surface area contributed by atoms with Crippen molar-refractivity contribution in [3.05, 3.63) is 31.5 Å². The van der Waals surface area contributed by atoms with Gasteiger partial charge in [-0.25, -0.2) is 28.1 Å². The molecule has 1 rings (SSSR count). The van der Waals surface area contributed by atoms with Crippen LogP contribution >= 0.6 is 47.8 Å². The van der Waals surface area contributed by atoms with E-state index in [1.807, 2.05) is 0 Å². The van der Waals surface area contributed by atoms with Crippen LogP contribution in [0.1, 0.15) is 93.4 Å². The molecule has 3 unspecified atom stereocenters. The van der Waals surface area contributed by atoms with Gasteiger partial charge in [-0.2, -0.15) is 0 Å². The molecule has 1 heterocycles. The Kier molecular flexibility index (Phi) is 11.4. The van der Waals surface area contributed by atoms with Gasteiger partial charge in [-0.1, -0.05) is 107 Å². The van der Waals surface area contributed by atoms with E-state index in [0.717, 1.165) is 38.5 Å². The van der Waals surface area contributed by atoms with Crippen LogP contribution in [0, 0.1) is 0 Å². The number of aromatic nitrogens is 3. The van der Waals surface area contributed by atoms with E-state index >= 15 is 0 Å². The second-order valence-electron chi connectivity index (χ2n) is 6.69. The van der Waals surface area contributed by atoms with E-state index in [4.69, 9.17) is 0 Å². The summed E-state index contributed by atoms with van der Waals surface area (Å²) in [6, 6.07) is 0. The third kappa shape index (κ3) is 6.42. The lowest BCUT2D eigenvalue weighted by Crippen LogP contribution is -2.55. The first-order valence-electron chi connectivity index (χ1n) is 9.73. The van der Waals surface area contributed by atoms with Crippen molar-refractivity contribution in [2.45, 2.75) is 93.4 Å². The molecule has 27 heavy (non-hydrogen) atoms. The summed E-state index contributed by atoms with van der Waals surface area (Å²) in [6.07, 6.45) is 7.45. The molecule has 0 amide bonds. The molecule has 0 saturated carbocycles.